The van der Waals surface area contributed by atoms with Gasteiger partial charge in [-0.05, 0) is 111 Å². The monoisotopic (exact) mass is 596 g/mol. The Labute approximate surface area is 266 Å². The third-order valence-corrected chi connectivity index (χ3v) is 8.04. The first-order chi connectivity index (χ1) is 21.7. The number of anilines is 5. The topological polar surface area (TPSA) is 64.7 Å². The summed E-state index contributed by atoms with van der Waals surface area (Å²) in [5.74, 6) is 0. The van der Waals surface area contributed by atoms with E-state index in [2.05, 4.69) is 16.7 Å². The molecule has 228 valence electrons. The molecule has 0 unspecified atom stereocenters. The molecule has 0 radical (unpaired) electrons. The highest BCUT2D eigenvalue weighted by Gasteiger charge is 2.22. The minimum absolute atomic E-state index is 0.0553. The summed E-state index contributed by atoms with van der Waals surface area (Å²) < 4.78 is 0. The molecule has 0 aliphatic carbocycles. The molecule has 0 atom stereocenters. The van der Waals surface area contributed by atoms with Crippen molar-refractivity contribution in [2.75, 3.05) is 20.4 Å². The molecule has 0 bridgehead atoms. The highest BCUT2D eigenvalue weighted by atomic mass is 16.2. The van der Waals surface area contributed by atoms with Crippen molar-refractivity contribution >= 4 is 40.5 Å². The third-order valence-electron chi connectivity index (χ3n) is 8.04. The molecule has 5 aromatic carbocycles. The summed E-state index contributed by atoms with van der Waals surface area (Å²) >= 11 is 0. The molecule has 45 heavy (non-hydrogen) atoms. The number of nitrogens with one attached hydrogen (secondary N) is 2. The molecular weight excluding hydrogens is 556 g/mol. The van der Waals surface area contributed by atoms with Crippen LogP contribution in [0.5, 0.6) is 0 Å². The zero-order valence-electron chi connectivity index (χ0n) is 26.8. The van der Waals surface area contributed by atoms with Gasteiger partial charge in [-0.15, -0.1) is 0 Å². The van der Waals surface area contributed by atoms with Gasteiger partial charge in [0.05, 0.1) is 11.4 Å². The van der Waals surface area contributed by atoms with Crippen LogP contribution < -0.4 is 20.4 Å². The van der Waals surface area contributed by atoms with E-state index in [-0.39, 0.29) is 18.1 Å². The third kappa shape index (κ3) is 6.75. The van der Waals surface area contributed by atoms with Crippen LogP contribution in [0.3, 0.4) is 0 Å². The molecule has 0 fully saturated rings. The molecule has 0 aromatic heterocycles. The van der Waals surface area contributed by atoms with Crippen LogP contribution in [0, 0.1) is 27.7 Å². The van der Waals surface area contributed by atoms with Crippen LogP contribution in [0.15, 0.2) is 115 Å². The summed E-state index contributed by atoms with van der Waals surface area (Å²) in [7, 11) is 0. The van der Waals surface area contributed by atoms with Gasteiger partial charge in [0.25, 0.3) is 0 Å². The lowest BCUT2D eigenvalue weighted by molar-refractivity contribution is 0.255. The lowest BCUT2D eigenvalue weighted by atomic mass is 9.96. The van der Waals surface area contributed by atoms with Gasteiger partial charge in [0, 0.05) is 23.1 Å². The Morgan fingerprint density at radius 3 is 1.58 bits per heavy atom. The van der Waals surface area contributed by atoms with E-state index in [4.69, 9.17) is 0 Å². The molecular formula is C39H40N4O2. The number of aryl methyl sites for hydroxylation is 3. The number of carbonyl (C=O) groups is 2. The molecule has 0 saturated carbocycles. The average Bonchev–Trinajstić information content (AvgIpc) is 3.03. The van der Waals surface area contributed by atoms with Crippen molar-refractivity contribution in [1.29, 1.82) is 0 Å². The van der Waals surface area contributed by atoms with Crippen molar-refractivity contribution in [3.63, 3.8) is 0 Å². The summed E-state index contributed by atoms with van der Waals surface area (Å²) in [5.41, 5.74) is 9.95. The summed E-state index contributed by atoms with van der Waals surface area (Å²) in [5, 5.41) is 6.32. The number of hydrogen-bond acceptors (Lipinski definition) is 2. The number of benzene rings is 5. The molecule has 5 aromatic rings. The SMILES string of the molecule is Cc1cccc(C)c1NC(=O)N(c1ccc(-c2ccc(C)c(NC(=O)N(c3ccccc3)c3ccccc3)c2C)cc1)C(C)C. The maximum atomic E-state index is 13.9. The Kier molecular flexibility index (Phi) is 9.33. The number of amides is 4. The average molecular weight is 597 g/mol. The van der Waals surface area contributed by atoms with Gasteiger partial charge in [-0.1, -0.05) is 78.9 Å². The summed E-state index contributed by atoms with van der Waals surface area (Å²) in [6.07, 6.45) is 0. The van der Waals surface area contributed by atoms with Gasteiger partial charge in [0.15, 0.2) is 0 Å². The maximum Gasteiger partial charge on any atom is 0.330 e. The number of para-hydroxylation sites is 3. The zero-order valence-corrected chi connectivity index (χ0v) is 26.8. The molecule has 6 nitrogen and oxygen atoms in total. The molecule has 0 aliphatic heterocycles. The Morgan fingerprint density at radius 1 is 0.533 bits per heavy atom. The van der Waals surface area contributed by atoms with Crippen molar-refractivity contribution in [3.05, 3.63) is 138 Å². The largest absolute Gasteiger partial charge is 0.330 e. The second-order valence-corrected chi connectivity index (χ2v) is 11.6. The van der Waals surface area contributed by atoms with Crippen LogP contribution in [0.4, 0.5) is 38.0 Å². The van der Waals surface area contributed by atoms with Gasteiger partial charge in [-0.25, -0.2) is 9.59 Å². The van der Waals surface area contributed by atoms with Crippen molar-refractivity contribution in [2.24, 2.45) is 0 Å². The van der Waals surface area contributed by atoms with E-state index in [1.54, 1.807) is 9.80 Å². The standard InChI is InChI=1S/C39H40N4O2/c1-26(2)42(38(44)40-36-27(3)14-13-15-28(36)4)34-23-21-31(22-24-34)35-25-20-29(5)37(30(35)6)41-39(45)43(32-16-9-7-10-17-32)33-18-11-8-12-19-33/h7-26H,1-6H3,(H,40,44)(H,41,45). The second kappa shape index (κ2) is 13.5. The Morgan fingerprint density at radius 2 is 1.04 bits per heavy atom. The number of carbonyl (C=O) groups excluding carboxylic acids is 2. The molecule has 0 saturated heterocycles. The highest BCUT2D eigenvalue weighted by Crippen LogP contribution is 2.34. The van der Waals surface area contributed by atoms with Crippen LogP contribution in [0.25, 0.3) is 11.1 Å². The van der Waals surface area contributed by atoms with E-state index in [1.807, 2.05) is 151 Å². The summed E-state index contributed by atoms with van der Waals surface area (Å²) in [6, 6.07) is 36.9. The van der Waals surface area contributed by atoms with E-state index in [0.717, 1.165) is 61.8 Å². The van der Waals surface area contributed by atoms with Crippen molar-refractivity contribution in [1.82, 2.24) is 0 Å². The molecule has 0 aliphatic rings. The van der Waals surface area contributed by atoms with Crippen LogP contribution >= 0.6 is 0 Å². The lowest BCUT2D eigenvalue weighted by Gasteiger charge is -2.28. The van der Waals surface area contributed by atoms with E-state index < -0.39 is 0 Å². The fourth-order valence-electron chi connectivity index (χ4n) is 5.68. The van der Waals surface area contributed by atoms with Gasteiger partial charge in [-0.3, -0.25) is 9.80 Å². The first-order valence-corrected chi connectivity index (χ1v) is 15.2. The minimum Gasteiger partial charge on any atom is -0.307 e. The van der Waals surface area contributed by atoms with Crippen LogP contribution in [-0.2, 0) is 0 Å². The van der Waals surface area contributed by atoms with Crippen molar-refractivity contribution in [3.8, 4) is 11.1 Å². The number of nitrogens with zero attached hydrogens (tertiary/aromatic N) is 2. The molecule has 5 rings (SSSR count). The normalized spacial score (nSPS) is 10.8. The number of rotatable bonds is 7. The van der Waals surface area contributed by atoms with Crippen LogP contribution in [-0.4, -0.2) is 18.1 Å². The van der Waals surface area contributed by atoms with Gasteiger partial charge in [-0.2, -0.15) is 0 Å². The Balaban J connectivity index is 1.42. The minimum atomic E-state index is -0.242. The van der Waals surface area contributed by atoms with Gasteiger partial charge >= 0.3 is 12.1 Å². The van der Waals surface area contributed by atoms with E-state index >= 15 is 0 Å². The first kappa shape index (κ1) is 31.1. The van der Waals surface area contributed by atoms with Crippen molar-refractivity contribution < 1.29 is 9.59 Å². The quantitative estimate of drug-likeness (QED) is 0.196. The molecule has 6 heteroatoms. The van der Waals surface area contributed by atoms with E-state index in [0.29, 0.717) is 0 Å². The first-order valence-electron chi connectivity index (χ1n) is 15.2. The fourth-order valence-corrected chi connectivity index (χ4v) is 5.68. The molecule has 0 spiro atoms. The van der Waals surface area contributed by atoms with Gasteiger partial charge in [0.2, 0.25) is 0 Å². The summed E-state index contributed by atoms with van der Waals surface area (Å²) in [6.45, 7) is 12.0. The smallest absolute Gasteiger partial charge is 0.307 e. The zero-order chi connectivity index (χ0) is 32.1. The fraction of sp³-hybridized carbons (Fsp3) is 0.179. The predicted molar refractivity (Wildman–Crippen MR) is 188 cm³/mol. The van der Waals surface area contributed by atoms with E-state index in [1.165, 1.54) is 0 Å². The summed E-state index contributed by atoms with van der Waals surface area (Å²) in [4.78, 5) is 30.8. The number of urea groups is 2. The van der Waals surface area contributed by atoms with Crippen molar-refractivity contribution in [2.45, 2.75) is 47.6 Å². The van der Waals surface area contributed by atoms with Gasteiger partial charge < -0.3 is 10.6 Å². The Bertz CT molecular complexity index is 1740. The molecule has 2 N–H and O–H groups in total. The van der Waals surface area contributed by atoms with E-state index in [9.17, 15) is 9.59 Å². The number of hydrogen-bond donors (Lipinski definition) is 2. The highest BCUT2D eigenvalue weighted by molar-refractivity contribution is 6.08. The predicted octanol–water partition coefficient (Wildman–Crippen LogP) is 10.4. The molecule has 0 heterocycles. The van der Waals surface area contributed by atoms with Crippen LogP contribution in [0.2, 0.25) is 0 Å². The van der Waals surface area contributed by atoms with Gasteiger partial charge in [0.1, 0.15) is 0 Å². The van der Waals surface area contributed by atoms with Crippen LogP contribution in [0.1, 0.15) is 36.1 Å². The Hall–Kier alpha value is -5.36. The maximum absolute atomic E-state index is 13.9. The lowest BCUT2D eigenvalue weighted by Crippen LogP contribution is -2.40. The second-order valence-electron chi connectivity index (χ2n) is 11.6. The molecule has 4 amide bonds.